The number of rotatable bonds is 6. The molecule has 0 saturated heterocycles. The van der Waals surface area contributed by atoms with E-state index in [1.807, 2.05) is 0 Å². The van der Waals surface area contributed by atoms with Crippen LogP contribution in [0.2, 0.25) is 0 Å². The summed E-state index contributed by atoms with van der Waals surface area (Å²) in [6.07, 6.45) is 3.57. The number of H-pyrrole nitrogens is 1. The average Bonchev–Trinajstić information content (AvgIpc) is 2.86. The zero-order valence-electron chi connectivity index (χ0n) is 11.0. The van der Waals surface area contributed by atoms with Crippen molar-refractivity contribution in [2.45, 2.75) is 33.2 Å². The molecule has 4 heteroatoms. The van der Waals surface area contributed by atoms with Gasteiger partial charge in [0.1, 0.15) is 12.2 Å². The third kappa shape index (κ3) is 3.67. The Morgan fingerprint density at radius 1 is 1.22 bits per heavy atom. The van der Waals surface area contributed by atoms with E-state index in [2.05, 4.69) is 52.5 Å². The summed E-state index contributed by atoms with van der Waals surface area (Å²) in [5.74, 6) is 0.961. The highest BCUT2D eigenvalue weighted by molar-refractivity contribution is 5.29. The van der Waals surface area contributed by atoms with E-state index >= 15 is 0 Å². The molecule has 96 valence electrons. The second-order valence-corrected chi connectivity index (χ2v) is 4.63. The predicted molar refractivity (Wildman–Crippen MR) is 72.3 cm³/mol. The average molecular weight is 244 g/mol. The molecule has 0 aliphatic heterocycles. The zero-order valence-corrected chi connectivity index (χ0v) is 11.0. The lowest BCUT2D eigenvalue weighted by molar-refractivity contribution is 0.639. The first-order valence-corrected chi connectivity index (χ1v) is 6.37. The number of aryl methyl sites for hydroxylation is 3. The van der Waals surface area contributed by atoms with Crippen molar-refractivity contribution in [1.82, 2.24) is 20.5 Å². The maximum Gasteiger partial charge on any atom is 0.137 e. The van der Waals surface area contributed by atoms with E-state index in [0.29, 0.717) is 0 Å². The first-order chi connectivity index (χ1) is 8.75. The molecule has 18 heavy (non-hydrogen) atoms. The smallest absolute Gasteiger partial charge is 0.137 e. The van der Waals surface area contributed by atoms with E-state index in [-0.39, 0.29) is 0 Å². The van der Waals surface area contributed by atoms with E-state index in [9.17, 15) is 0 Å². The van der Waals surface area contributed by atoms with Gasteiger partial charge in [0, 0.05) is 13.0 Å². The fourth-order valence-corrected chi connectivity index (χ4v) is 1.88. The van der Waals surface area contributed by atoms with Crippen molar-refractivity contribution in [1.29, 1.82) is 0 Å². The second kappa shape index (κ2) is 6.31. The van der Waals surface area contributed by atoms with Crippen LogP contribution >= 0.6 is 0 Å². The van der Waals surface area contributed by atoms with Crippen molar-refractivity contribution in [3.8, 4) is 0 Å². The number of hydrogen-bond acceptors (Lipinski definition) is 3. The lowest BCUT2D eigenvalue weighted by Gasteiger charge is -2.06. The Kier molecular flexibility index (Phi) is 4.47. The van der Waals surface area contributed by atoms with Gasteiger partial charge in [-0.05, 0) is 43.5 Å². The molecular formula is C14H20N4. The number of aromatic amines is 1. The SMILES string of the molecule is Cc1ccc(CNCCCc2ncn[nH]2)cc1C. The van der Waals surface area contributed by atoms with Crippen molar-refractivity contribution in [3.05, 3.63) is 47.0 Å². The van der Waals surface area contributed by atoms with Gasteiger partial charge in [-0.25, -0.2) is 4.98 Å². The molecule has 1 aromatic carbocycles. The van der Waals surface area contributed by atoms with Gasteiger partial charge in [0.15, 0.2) is 0 Å². The molecular weight excluding hydrogens is 224 g/mol. The summed E-state index contributed by atoms with van der Waals surface area (Å²) in [6, 6.07) is 6.62. The Morgan fingerprint density at radius 2 is 2.11 bits per heavy atom. The van der Waals surface area contributed by atoms with Crippen LogP contribution in [0.4, 0.5) is 0 Å². The van der Waals surface area contributed by atoms with Crippen LogP contribution in [0.25, 0.3) is 0 Å². The summed E-state index contributed by atoms with van der Waals surface area (Å²) in [6.45, 7) is 6.22. The lowest BCUT2D eigenvalue weighted by Crippen LogP contribution is -2.15. The van der Waals surface area contributed by atoms with Crippen LogP contribution in [-0.4, -0.2) is 21.7 Å². The van der Waals surface area contributed by atoms with Crippen molar-refractivity contribution in [2.24, 2.45) is 0 Å². The van der Waals surface area contributed by atoms with Crippen LogP contribution in [0.3, 0.4) is 0 Å². The van der Waals surface area contributed by atoms with E-state index < -0.39 is 0 Å². The van der Waals surface area contributed by atoms with Gasteiger partial charge in [0.05, 0.1) is 0 Å². The molecule has 0 aliphatic carbocycles. The van der Waals surface area contributed by atoms with E-state index in [0.717, 1.165) is 31.8 Å². The lowest BCUT2D eigenvalue weighted by atomic mass is 10.1. The number of hydrogen-bond donors (Lipinski definition) is 2. The van der Waals surface area contributed by atoms with Gasteiger partial charge in [-0.2, -0.15) is 5.10 Å². The molecule has 1 heterocycles. The molecule has 0 radical (unpaired) electrons. The summed E-state index contributed by atoms with van der Waals surface area (Å²) < 4.78 is 0. The molecule has 2 aromatic rings. The van der Waals surface area contributed by atoms with Gasteiger partial charge in [-0.3, -0.25) is 5.10 Å². The van der Waals surface area contributed by atoms with Crippen LogP contribution in [-0.2, 0) is 13.0 Å². The Bertz CT molecular complexity index is 477. The van der Waals surface area contributed by atoms with Crippen LogP contribution in [0.15, 0.2) is 24.5 Å². The highest BCUT2D eigenvalue weighted by Gasteiger charge is 1.97. The van der Waals surface area contributed by atoms with Gasteiger partial charge < -0.3 is 5.32 Å². The van der Waals surface area contributed by atoms with Gasteiger partial charge in [-0.15, -0.1) is 0 Å². The number of aromatic nitrogens is 3. The predicted octanol–water partition coefficient (Wildman–Crippen LogP) is 2.14. The molecule has 0 spiro atoms. The molecule has 0 bridgehead atoms. The van der Waals surface area contributed by atoms with Crippen LogP contribution < -0.4 is 5.32 Å². The van der Waals surface area contributed by atoms with Crippen molar-refractivity contribution < 1.29 is 0 Å². The summed E-state index contributed by atoms with van der Waals surface area (Å²) in [4.78, 5) is 4.10. The van der Waals surface area contributed by atoms with Gasteiger partial charge in [0.25, 0.3) is 0 Å². The molecule has 0 amide bonds. The standard InChI is InChI=1S/C14H20N4/c1-11-5-6-13(8-12(11)2)9-15-7-3-4-14-16-10-17-18-14/h5-6,8,10,15H,3-4,7,9H2,1-2H3,(H,16,17,18). The Morgan fingerprint density at radius 3 is 2.83 bits per heavy atom. The molecule has 0 fully saturated rings. The number of nitrogens with one attached hydrogen (secondary N) is 2. The zero-order chi connectivity index (χ0) is 12.8. The number of nitrogens with zero attached hydrogens (tertiary/aromatic N) is 2. The molecule has 1 aromatic heterocycles. The largest absolute Gasteiger partial charge is 0.313 e. The van der Waals surface area contributed by atoms with Gasteiger partial charge in [0.2, 0.25) is 0 Å². The Labute approximate surface area is 108 Å². The highest BCUT2D eigenvalue weighted by atomic mass is 15.2. The minimum atomic E-state index is 0.928. The van der Waals surface area contributed by atoms with Crippen molar-refractivity contribution >= 4 is 0 Å². The second-order valence-electron chi connectivity index (χ2n) is 4.63. The van der Waals surface area contributed by atoms with Crippen molar-refractivity contribution in [2.75, 3.05) is 6.54 Å². The summed E-state index contributed by atoms with van der Waals surface area (Å²) >= 11 is 0. The first kappa shape index (κ1) is 12.8. The molecule has 0 saturated carbocycles. The minimum Gasteiger partial charge on any atom is -0.313 e. The topological polar surface area (TPSA) is 53.6 Å². The maximum atomic E-state index is 4.10. The van der Waals surface area contributed by atoms with Crippen LogP contribution in [0.5, 0.6) is 0 Å². The quantitative estimate of drug-likeness (QED) is 0.765. The third-order valence-corrected chi connectivity index (χ3v) is 3.13. The van der Waals surface area contributed by atoms with Gasteiger partial charge >= 0.3 is 0 Å². The summed E-state index contributed by atoms with van der Waals surface area (Å²) in [5, 5.41) is 10.1. The van der Waals surface area contributed by atoms with Gasteiger partial charge in [-0.1, -0.05) is 18.2 Å². The normalized spacial score (nSPS) is 10.8. The summed E-state index contributed by atoms with van der Waals surface area (Å²) in [5.41, 5.74) is 4.05. The fourth-order valence-electron chi connectivity index (χ4n) is 1.88. The molecule has 4 nitrogen and oxygen atoms in total. The number of benzene rings is 1. The van der Waals surface area contributed by atoms with Crippen LogP contribution in [0, 0.1) is 13.8 Å². The molecule has 0 aliphatic rings. The Hall–Kier alpha value is -1.68. The third-order valence-electron chi connectivity index (χ3n) is 3.13. The summed E-state index contributed by atoms with van der Waals surface area (Å²) in [7, 11) is 0. The van der Waals surface area contributed by atoms with Crippen molar-refractivity contribution in [3.63, 3.8) is 0 Å². The van der Waals surface area contributed by atoms with E-state index in [1.54, 1.807) is 6.33 Å². The first-order valence-electron chi connectivity index (χ1n) is 6.37. The maximum absolute atomic E-state index is 4.10. The highest BCUT2D eigenvalue weighted by Crippen LogP contribution is 2.09. The van der Waals surface area contributed by atoms with E-state index in [1.165, 1.54) is 16.7 Å². The van der Waals surface area contributed by atoms with E-state index in [4.69, 9.17) is 0 Å². The molecule has 0 atom stereocenters. The molecule has 2 rings (SSSR count). The Balaban J connectivity index is 1.67. The van der Waals surface area contributed by atoms with Crippen LogP contribution in [0.1, 0.15) is 28.9 Å². The minimum absolute atomic E-state index is 0.928. The fraction of sp³-hybridized carbons (Fsp3) is 0.429. The molecule has 0 unspecified atom stereocenters. The monoisotopic (exact) mass is 244 g/mol. The molecule has 2 N–H and O–H groups in total.